The quantitative estimate of drug-likeness (QED) is 0.641. The molecule has 114 valence electrons. The standard InChI is InChI=1S/C16H22N2O3/c1-3-5-6-15(20)17-14-9-7-12(8-10-14)16(21)18-13(4-2)11-19/h3,7-10,13,19H,1,4-6,11H2,2H3,(H,17,20)(H,18,21). The number of hydrogen-bond donors (Lipinski definition) is 3. The van der Waals surface area contributed by atoms with E-state index in [0.29, 0.717) is 30.5 Å². The third-order valence-corrected chi connectivity index (χ3v) is 3.05. The first-order valence-electron chi connectivity index (χ1n) is 7.03. The number of anilines is 1. The van der Waals surface area contributed by atoms with E-state index in [-0.39, 0.29) is 24.5 Å². The van der Waals surface area contributed by atoms with Crippen molar-refractivity contribution in [2.75, 3.05) is 11.9 Å². The fraction of sp³-hybridized carbons (Fsp3) is 0.375. The average molecular weight is 290 g/mol. The molecule has 0 aliphatic rings. The molecule has 0 aliphatic carbocycles. The molecule has 1 aromatic rings. The van der Waals surface area contributed by atoms with Gasteiger partial charge in [-0.05, 0) is 37.1 Å². The van der Waals surface area contributed by atoms with Gasteiger partial charge in [0.05, 0.1) is 12.6 Å². The van der Waals surface area contributed by atoms with Gasteiger partial charge >= 0.3 is 0 Å². The lowest BCUT2D eigenvalue weighted by molar-refractivity contribution is -0.116. The number of carbonyl (C=O) groups excluding carboxylic acids is 2. The van der Waals surface area contributed by atoms with Crippen LogP contribution in [-0.4, -0.2) is 29.6 Å². The average Bonchev–Trinajstić information content (AvgIpc) is 2.51. The van der Waals surface area contributed by atoms with E-state index in [2.05, 4.69) is 17.2 Å². The van der Waals surface area contributed by atoms with Crippen molar-refractivity contribution >= 4 is 17.5 Å². The first-order valence-corrected chi connectivity index (χ1v) is 7.03. The molecule has 2 amide bonds. The molecule has 21 heavy (non-hydrogen) atoms. The molecule has 3 N–H and O–H groups in total. The summed E-state index contributed by atoms with van der Waals surface area (Å²) in [6.45, 7) is 5.37. The highest BCUT2D eigenvalue weighted by molar-refractivity contribution is 5.96. The molecule has 0 saturated carbocycles. The minimum atomic E-state index is -0.240. The van der Waals surface area contributed by atoms with Crippen molar-refractivity contribution in [1.82, 2.24) is 5.32 Å². The normalized spacial score (nSPS) is 11.5. The van der Waals surface area contributed by atoms with E-state index in [9.17, 15) is 9.59 Å². The number of hydrogen-bond acceptors (Lipinski definition) is 3. The van der Waals surface area contributed by atoms with Crippen LogP contribution in [0.3, 0.4) is 0 Å². The molecule has 1 rings (SSSR count). The molecular weight excluding hydrogens is 268 g/mol. The van der Waals surface area contributed by atoms with Gasteiger partial charge in [0.15, 0.2) is 0 Å². The zero-order valence-corrected chi connectivity index (χ0v) is 12.3. The number of aliphatic hydroxyl groups excluding tert-OH is 1. The zero-order valence-electron chi connectivity index (χ0n) is 12.3. The summed E-state index contributed by atoms with van der Waals surface area (Å²) < 4.78 is 0. The summed E-state index contributed by atoms with van der Waals surface area (Å²) in [6, 6.07) is 6.41. The smallest absolute Gasteiger partial charge is 0.251 e. The Hall–Kier alpha value is -2.14. The summed E-state index contributed by atoms with van der Waals surface area (Å²) in [5.74, 6) is -0.320. The molecule has 1 unspecified atom stereocenters. The number of amides is 2. The Morgan fingerprint density at radius 3 is 2.52 bits per heavy atom. The lowest BCUT2D eigenvalue weighted by Crippen LogP contribution is -2.36. The lowest BCUT2D eigenvalue weighted by atomic mass is 10.1. The van der Waals surface area contributed by atoms with Crippen LogP contribution in [-0.2, 0) is 4.79 Å². The van der Waals surface area contributed by atoms with Crippen LogP contribution in [0.5, 0.6) is 0 Å². The molecule has 0 heterocycles. The number of rotatable bonds is 8. The molecule has 0 radical (unpaired) electrons. The minimum absolute atomic E-state index is 0.0836. The summed E-state index contributed by atoms with van der Waals surface area (Å²) >= 11 is 0. The van der Waals surface area contributed by atoms with Gasteiger partial charge in [-0.25, -0.2) is 0 Å². The van der Waals surface area contributed by atoms with E-state index in [4.69, 9.17) is 5.11 Å². The van der Waals surface area contributed by atoms with Gasteiger partial charge in [0, 0.05) is 17.7 Å². The third kappa shape index (κ3) is 5.79. The maximum atomic E-state index is 11.9. The Morgan fingerprint density at radius 2 is 2.00 bits per heavy atom. The van der Waals surface area contributed by atoms with Gasteiger partial charge in [-0.1, -0.05) is 13.0 Å². The van der Waals surface area contributed by atoms with Crippen LogP contribution in [0.15, 0.2) is 36.9 Å². The Labute approximate surface area is 125 Å². The van der Waals surface area contributed by atoms with E-state index in [0.717, 1.165) is 0 Å². The van der Waals surface area contributed by atoms with Crippen LogP contribution >= 0.6 is 0 Å². The van der Waals surface area contributed by atoms with Crippen molar-refractivity contribution < 1.29 is 14.7 Å². The second-order valence-electron chi connectivity index (χ2n) is 4.71. The van der Waals surface area contributed by atoms with Gasteiger partial charge in [0.2, 0.25) is 5.91 Å². The van der Waals surface area contributed by atoms with Gasteiger partial charge in [0.1, 0.15) is 0 Å². The van der Waals surface area contributed by atoms with E-state index in [1.807, 2.05) is 6.92 Å². The van der Waals surface area contributed by atoms with Crippen molar-refractivity contribution in [3.05, 3.63) is 42.5 Å². The van der Waals surface area contributed by atoms with E-state index >= 15 is 0 Å². The number of carbonyl (C=O) groups is 2. The van der Waals surface area contributed by atoms with Gasteiger partial charge in [-0.2, -0.15) is 0 Å². The highest BCUT2D eigenvalue weighted by Gasteiger charge is 2.11. The molecule has 0 spiro atoms. The molecule has 0 fully saturated rings. The monoisotopic (exact) mass is 290 g/mol. The summed E-state index contributed by atoms with van der Waals surface area (Å²) in [4.78, 5) is 23.5. The Morgan fingerprint density at radius 1 is 1.33 bits per heavy atom. The van der Waals surface area contributed by atoms with E-state index in [1.165, 1.54) is 0 Å². The fourth-order valence-electron chi connectivity index (χ4n) is 1.71. The number of allylic oxidation sites excluding steroid dienone is 1. The van der Waals surface area contributed by atoms with E-state index < -0.39 is 0 Å². The van der Waals surface area contributed by atoms with Crippen LogP contribution in [0.2, 0.25) is 0 Å². The second-order valence-corrected chi connectivity index (χ2v) is 4.71. The Kier molecular flexibility index (Phi) is 7.18. The molecule has 0 aliphatic heterocycles. The fourth-order valence-corrected chi connectivity index (χ4v) is 1.71. The third-order valence-electron chi connectivity index (χ3n) is 3.05. The molecular formula is C16H22N2O3. The highest BCUT2D eigenvalue weighted by Crippen LogP contribution is 2.10. The molecule has 5 nitrogen and oxygen atoms in total. The first-order chi connectivity index (χ1) is 10.1. The topological polar surface area (TPSA) is 78.4 Å². The van der Waals surface area contributed by atoms with Crippen molar-refractivity contribution in [2.24, 2.45) is 0 Å². The van der Waals surface area contributed by atoms with Crippen LogP contribution < -0.4 is 10.6 Å². The van der Waals surface area contributed by atoms with Gasteiger partial charge in [-0.15, -0.1) is 6.58 Å². The predicted octanol–water partition coefficient (Wildman–Crippen LogP) is 2.09. The Bertz CT molecular complexity index is 479. The maximum Gasteiger partial charge on any atom is 0.251 e. The van der Waals surface area contributed by atoms with Crippen molar-refractivity contribution in [3.8, 4) is 0 Å². The number of aliphatic hydroxyl groups is 1. The van der Waals surface area contributed by atoms with Crippen LogP contribution in [0.25, 0.3) is 0 Å². The zero-order chi connectivity index (χ0) is 15.7. The van der Waals surface area contributed by atoms with Gasteiger partial charge < -0.3 is 15.7 Å². The SMILES string of the molecule is C=CCCC(=O)Nc1ccc(C(=O)NC(CC)CO)cc1. The molecule has 0 saturated heterocycles. The van der Waals surface area contributed by atoms with Crippen molar-refractivity contribution in [1.29, 1.82) is 0 Å². The van der Waals surface area contributed by atoms with Crippen molar-refractivity contribution in [2.45, 2.75) is 32.2 Å². The Balaban J connectivity index is 2.59. The van der Waals surface area contributed by atoms with Crippen molar-refractivity contribution in [3.63, 3.8) is 0 Å². The number of benzene rings is 1. The minimum Gasteiger partial charge on any atom is -0.394 e. The summed E-state index contributed by atoms with van der Waals surface area (Å²) in [6.07, 6.45) is 3.38. The summed E-state index contributed by atoms with van der Waals surface area (Å²) in [7, 11) is 0. The maximum absolute atomic E-state index is 11.9. The molecule has 1 atom stereocenters. The highest BCUT2D eigenvalue weighted by atomic mass is 16.3. The molecule has 0 bridgehead atoms. The van der Waals surface area contributed by atoms with Gasteiger partial charge in [-0.3, -0.25) is 9.59 Å². The van der Waals surface area contributed by atoms with Crippen LogP contribution in [0.4, 0.5) is 5.69 Å². The van der Waals surface area contributed by atoms with Crippen LogP contribution in [0, 0.1) is 0 Å². The van der Waals surface area contributed by atoms with Crippen LogP contribution in [0.1, 0.15) is 36.5 Å². The molecule has 0 aromatic heterocycles. The predicted molar refractivity (Wildman–Crippen MR) is 83.1 cm³/mol. The largest absolute Gasteiger partial charge is 0.394 e. The first kappa shape index (κ1) is 16.9. The molecule has 1 aromatic carbocycles. The summed E-state index contributed by atoms with van der Waals surface area (Å²) in [5, 5.41) is 14.5. The van der Waals surface area contributed by atoms with E-state index in [1.54, 1.807) is 30.3 Å². The lowest BCUT2D eigenvalue weighted by Gasteiger charge is -2.14. The second kappa shape index (κ2) is 8.92. The molecule has 5 heteroatoms. The van der Waals surface area contributed by atoms with Gasteiger partial charge in [0.25, 0.3) is 5.91 Å². The number of nitrogens with one attached hydrogen (secondary N) is 2. The summed E-state index contributed by atoms with van der Waals surface area (Å²) in [5.41, 5.74) is 1.14.